The van der Waals surface area contributed by atoms with Crippen molar-refractivity contribution >= 4 is 0 Å². The molecule has 0 amide bonds. The quantitative estimate of drug-likeness (QED) is 0.371. The zero-order valence-electron chi connectivity index (χ0n) is 12.7. The average molecular weight is 242 g/mol. The van der Waals surface area contributed by atoms with Crippen molar-refractivity contribution in [2.75, 3.05) is 26.7 Å². The van der Waals surface area contributed by atoms with Gasteiger partial charge in [-0.2, -0.15) is 0 Å². The summed E-state index contributed by atoms with van der Waals surface area (Å²) in [6.45, 7) is 10.4. The fourth-order valence-electron chi connectivity index (χ4n) is 2.10. The zero-order chi connectivity index (χ0) is 12.9. The number of hydrazine groups is 1. The fourth-order valence-corrected chi connectivity index (χ4v) is 2.10. The molecule has 0 saturated carbocycles. The van der Waals surface area contributed by atoms with Crippen molar-refractivity contribution in [2.24, 2.45) is 0 Å². The molecule has 104 valence electrons. The predicted octanol–water partition coefficient (Wildman–Crippen LogP) is 4.32. The monoisotopic (exact) mass is 242 g/mol. The second-order valence-electron chi connectivity index (χ2n) is 5.05. The van der Waals surface area contributed by atoms with E-state index < -0.39 is 0 Å². The zero-order valence-corrected chi connectivity index (χ0v) is 12.7. The third-order valence-corrected chi connectivity index (χ3v) is 3.48. The van der Waals surface area contributed by atoms with Gasteiger partial charge >= 0.3 is 0 Å². The lowest BCUT2D eigenvalue weighted by Crippen LogP contribution is -2.41. The highest BCUT2D eigenvalue weighted by Gasteiger charge is 2.08. The van der Waals surface area contributed by atoms with E-state index in [1.165, 1.54) is 64.5 Å². The van der Waals surface area contributed by atoms with E-state index in [-0.39, 0.29) is 0 Å². The van der Waals surface area contributed by atoms with Crippen LogP contribution >= 0.6 is 0 Å². The molecule has 0 spiro atoms. The Balaban J connectivity index is 3.72. The van der Waals surface area contributed by atoms with Crippen LogP contribution in [0.5, 0.6) is 0 Å². The minimum Gasteiger partial charge on any atom is -0.245 e. The van der Waals surface area contributed by atoms with E-state index in [0.717, 1.165) is 6.54 Å². The minimum atomic E-state index is 1.13. The number of rotatable bonds is 12. The van der Waals surface area contributed by atoms with E-state index in [1.54, 1.807) is 0 Å². The Bertz CT molecular complexity index is 136. The number of hydrogen-bond donors (Lipinski definition) is 0. The van der Waals surface area contributed by atoms with E-state index >= 15 is 0 Å². The summed E-state index contributed by atoms with van der Waals surface area (Å²) < 4.78 is 0. The summed E-state index contributed by atoms with van der Waals surface area (Å²) in [6, 6.07) is 0. The molecular weight excluding hydrogens is 208 g/mol. The molecule has 0 unspecified atom stereocenters. The molecule has 0 atom stereocenters. The van der Waals surface area contributed by atoms with Gasteiger partial charge in [-0.15, -0.1) is 0 Å². The first-order valence-corrected chi connectivity index (χ1v) is 7.72. The first-order chi connectivity index (χ1) is 8.26. The molecule has 0 aromatic carbocycles. The molecule has 0 aliphatic carbocycles. The van der Waals surface area contributed by atoms with E-state index in [9.17, 15) is 0 Å². The first-order valence-electron chi connectivity index (χ1n) is 7.72. The second kappa shape index (κ2) is 12.4. The van der Waals surface area contributed by atoms with Gasteiger partial charge in [0.05, 0.1) is 0 Å². The molecule has 0 bridgehead atoms. The van der Waals surface area contributed by atoms with Gasteiger partial charge in [0.1, 0.15) is 0 Å². The van der Waals surface area contributed by atoms with E-state index in [4.69, 9.17) is 0 Å². The van der Waals surface area contributed by atoms with Crippen molar-refractivity contribution in [2.45, 2.75) is 72.1 Å². The predicted molar refractivity (Wildman–Crippen MR) is 78.2 cm³/mol. The van der Waals surface area contributed by atoms with Gasteiger partial charge in [-0.05, 0) is 12.8 Å². The summed E-state index contributed by atoms with van der Waals surface area (Å²) in [5.41, 5.74) is 0. The van der Waals surface area contributed by atoms with Gasteiger partial charge in [0.15, 0.2) is 0 Å². The summed E-state index contributed by atoms with van der Waals surface area (Å²) in [5, 5.41) is 4.93. The van der Waals surface area contributed by atoms with Gasteiger partial charge < -0.3 is 0 Å². The molecular formula is C15H34N2. The molecule has 0 heterocycles. The lowest BCUT2D eigenvalue weighted by atomic mass is 10.2. The maximum Gasteiger partial charge on any atom is 0.0133 e. The van der Waals surface area contributed by atoms with Crippen LogP contribution in [0.2, 0.25) is 0 Å². The Morgan fingerprint density at radius 2 is 1.12 bits per heavy atom. The molecule has 0 radical (unpaired) electrons. The van der Waals surface area contributed by atoms with Crippen molar-refractivity contribution in [1.82, 2.24) is 10.0 Å². The van der Waals surface area contributed by atoms with Crippen LogP contribution in [0, 0.1) is 0 Å². The van der Waals surface area contributed by atoms with Crippen LogP contribution < -0.4 is 0 Å². The minimum absolute atomic E-state index is 1.13. The van der Waals surface area contributed by atoms with Crippen LogP contribution in [0.15, 0.2) is 0 Å². The maximum absolute atomic E-state index is 2.55. The molecule has 17 heavy (non-hydrogen) atoms. The molecule has 0 aliphatic rings. The van der Waals surface area contributed by atoms with Crippen LogP contribution in [0.25, 0.3) is 0 Å². The Kier molecular flexibility index (Phi) is 12.3. The van der Waals surface area contributed by atoms with Gasteiger partial charge in [-0.3, -0.25) is 0 Å². The Labute approximate surface area is 109 Å². The molecule has 0 fully saturated rings. The van der Waals surface area contributed by atoms with E-state index in [1.807, 2.05) is 0 Å². The van der Waals surface area contributed by atoms with Crippen molar-refractivity contribution in [3.63, 3.8) is 0 Å². The Morgan fingerprint density at radius 3 is 1.47 bits per heavy atom. The standard InChI is InChI=1S/C15H34N2/c1-5-8-10-12-14-17(16(4)7-3)15-13-11-9-6-2/h5-15H2,1-4H3. The van der Waals surface area contributed by atoms with Crippen LogP contribution in [0.1, 0.15) is 72.1 Å². The largest absolute Gasteiger partial charge is 0.245 e. The fraction of sp³-hybridized carbons (Fsp3) is 1.00. The average Bonchev–Trinajstić information content (AvgIpc) is 2.36. The van der Waals surface area contributed by atoms with Gasteiger partial charge in [-0.1, -0.05) is 59.3 Å². The number of unbranched alkanes of at least 4 members (excludes halogenated alkanes) is 6. The van der Waals surface area contributed by atoms with Gasteiger partial charge in [0.2, 0.25) is 0 Å². The molecule has 0 aromatic rings. The number of hydrogen-bond acceptors (Lipinski definition) is 2. The molecule has 2 heteroatoms. The summed E-state index contributed by atoms with van der Waals surface area (Å²) in [7, 11) is 2.22. The highest BCUT2D eigenvalue weighted by Crippen LogP contribution is 2.06. The van der Waals surface area contributed by atoms with Crippen molar-refractivity contribution < 1.29 is 0 Å². The van der Waals surface area contributed by atoms with Gasteiger partial charge in [0, 0.05) is 26.7 Å². The van der Waals surface area contributed by atoms with E-state index in [2.05, 4.69) is 37.8 Å². The maximum atomic E-state index is 2.55. The number of nitrogens with zero attached hydrogens (tertiary/aromatic N) is 2. The van der Waals surface area contributed by atoms with Crippen molar-refractivity contribution in [3.05, 3.63) is 0 Å². The lowest BCUT2D eigenvalue weighted by Gasteiger charge is -2.31. The summed E-state index contributed by atoms with van der Waals surface area (Å²) in [6.07, 6.45) is 10.9. The first kappa shape index (κ1) is 16.9. The molecule has 0 rings (SSSR count). The lowest BCUT2D eigenvalue weighted by molar-refractivity contribution is 0.00119. The third-order valence-electron chi connectivity index (χ3n) is 3.48. The van der Waals surface area contributed by atoms with Crippen LogP contribution in [-0.4, -0.2) is 36.7 Å². The third kappa shape index (κ3) is 9.61. The normalized spacial score (nSPS) is 11.6. The Hall–Kier alpha value is -0.0800. The molecule has 0 aliphatic heterocycles. The summed E-state index contributed by atoms with van der Waals surface area (Å²) >= 11 is 0. The molecule has 2 nitrogen and oxygen atoms in total. The van der Waals surface area contributed by atoms with Crippen LogP contribution in [-0.2, 0) is 0 Å². The summed E-state index contributed by atoms with van der Waals surface area (Å²) in [4.78, 5) is 0. The van der Waals surface area contributed by atoms with Crippen LogP contribution in [0.4, 0.5) is 0 Å². The summed E-state index contributed by atoms with van der Waals surface area (Å²) in [5.74, 6) is 0. The highest BCUT2D eigenvalue weighted by atomic mass is 15.6. The highest BCUT2D eigenvalue weighted by molar-refractivity contribution is 4.55. The second-order valence-corrected chi connectivity index (χ2v) is 5.05. The van der Waals surface area contributed by atoms with Crippen LogP contribution in [0.3, 0.4) is 0 Å². The molecule has 0 saturated heterocycles. The topological polar surface area (TPSA) is 6.48 Å². The van der Waals surface area contributed by atoms with Gasteiger partial charge in [0.25, 0.3) is 0 Å². The molecule has 0 N–H and O–H groups in total. The van der Waals surface area contributed by atoms with Crippen molar-refractivity contribution in [3.8, 4) is 0 Å². The van der Waals surface area contributed by atoms with E-state index in [0.29, 0.717) is 0 Å². The molecule has 0 aromatic heterocycles. The van der Waals surface area contributed by atoms with Gasteiger partial charge in [-0.25, -0.2) is 10.0 Å². The SMILES string of the molecule is CCCCCCN(CCCCCC)N(C)CC. The van der Waals surface area contributed by atoms with Crippen molar-refractivity contribution in [1.29, 1.82) is 0 Å². The Morgan fingerprint density at radius 1 is 0.647 bits per heavy atom. The smallest absolute Gasteiger partial charge is 0.0133 e.